The molecule has 1 aromatic heterocycles. The standard InChI is InChI=1S/C15H21F3N4OS/c1-19-14(22-10-11-4-3-9-24-11)21-7-8-23-13-12(15(16,17)18)5-2-6-20-13/h2,5-6,11H,3-4,7-10H2,1H3,(H2,19,21,22). The second-order valence-electron chi connectivity index (χ2n) is 5.22. The number of pyridine rings is 1. The van der Waals surface area contributed by atoms with Crippen LogP contribution in [0.3, 0.4) is 0 Å². The lowest BCUT2D eigenvalue weighted by Gasteiger charge is -2.16. The molecular formula is C15H21F3N4OS. The molecule has 0 aliphatic carbocycles. The number of nitrogens with one attached hydrogen (secondary N) is 2. The Bertz CT molecular complexity index is 548. The Kier molecular flexibility index (Phi) is 7.01. The van der Waals surface area contributed by atoms with Crippen LogP contribution in [0.1, 0.15) is 18.4 Å². The van der Waals surface area contributed by atoms with Crippen molar-refractivity contribution in [1.82, 2.24) is 15.6 Å². The highest BCUT2D eigenvalue weighted by molar-refractivity contribution is 8.00. The zero-order chi connectivity index (χ0) is 17.4. The molecule has 24 heavy (non-hydrogen) atoms. The van der Waals surface area contributed by atoms with Gasteiger partial charge in [-0.05, 0) is 30.7 Å². The van der Waals surface area contributed by atoms with E-state index in [1.54, 1.807) is 7.05 Å². The van der Waals surface area contributed by atoms with E-state index in [1.807, 2.05) is 11.8 Å². The van der Waals surface area contributed by atoms with Crippen LogP contribution < -0.4 is 15.4 Å². The number of alkyl halides is 3. The molecule has 1 fully saturated rings. The zero-order valence-electron chi connectivity index (χ0n) is 13.4. The minimum atomic E-state index is -4.48. The van der Waals surface area contributed by atoms with E-state index in [4.69, 9.17) is 4.74 Å². The summed E-state index contributed by atoms with van der Waals surface area (Å²) in [6.45, 7) is 1.20. The maximum absolute atomic E-state index is 12.8. The number of ether oxygens (including phenoxy) is 1. The van der Waals surface area contributed by atoms with Gasteiger partial charge in [0.25, 0.3) is 0 Å². The third-order valence-corrected chi connectivity index (χ3v) is 4.85. The van der Waals surface area contributed by atoms with Gasteiger partial charge >= 0.3 is 6.18 Å². The molecular weight excluding hydrogens is 341 g/mol. The second kappa shape index (κ2) is 9.00. The molecule has 1 aliphatic heterocycles. The number of aromatic nitrogens is 1. The molecule has 0 bridgehead atoms. The van der Waals surface area contributed by atoms with Crippen LogP contribution in [0, 0.1) is 0 Å². The fourth-order valence-corrected chi connectivity index (χ4v) is 3.48. The SMILES string of the molecule is CN=C(NCCOc1ncccc1C(F)(F)F)NCC1CCCS1. The summed E-state index contributed by atoms with van der Waals surface area (Å²) in [5.41, 5.74) is -0.870. The van der Waals surface area contributed by atoms with Gasteiger partial charge in [0.1, 0.15) is 12.2 Å². The maximum Gasteiger partial charge on any atom is 0.421 e. The van der Waals surface area contributed by atoms with Crippen molar-refractivity contribution < 1.29 is 17.9 Å². The highest BCUT2D eigenvalue weighted by Gasteiger charge is 2.34. The van der Waals surface area contributed by atoms with Crippen LogP contribution in [-0.2, 0) is 6.18 Å². The number of halogens is 3. The van der Waals surface area contributed by atoms with Crippen molar-refractivity contribution in [3.63, 3.8) is 0 Å². The highest BCUT2D eigenvalue weighted by Crippen LogP contribution is 2.34. The van der Waals surface area contributed by atoms with Crippen LogP contribution >= 0.6 is 11.8 Å². The minimum Gasteiger partial charge on any atom is -0.475 e. The zero-order valence-corrected chi connectivity index (χ0v) is 14.2. The third kappa shape index (κ3) is 5.77. The summed E-state index contributed by atoms with van der Waals surface area (Å²) < 4.78 is 43.6. The molecule has 0 spiro atoms. The fraction of sp³-hybridized carbons (Fsp3) is 0.600. The quantitative estimate of drug-likeness (QED) is 0.463. The van der Waals surface area contributed by atoms with Gasteiger partial charge in [0.2, 0.25) is 5.88 Å². The lowest BCUT2D eigenvalue weighted by Crippen LogP contribution is -2.41. The van der Waals surface area contributed by atoms with E-state index in [0.29, 0.717) is 17.8 Å². The van der Waals surface area contributed by atoms with Crippen LogP contribution in [0.2, 0.25) is 0 Å². The molecule has 1 aliphatic rings. The monoisotopic (exact) mass is 362 g/mol. The summed E-state index contributed by atoms with van der Waals surface area (Å²) in [5.74, 6) is 1.40. The van der Waals surface area contributed by atoms with Crippen LogP contribution in [-0.4, -0.2) is 48.7 Å². The van der Waals surface area contributed by atoms with Gasteiger partial charge in [-0.15, -0.1) is 0 Å². The molecule has 1 unspecified atom stereocenters. The molecule has 1 saturated heterocycles. The van der Waals surface area contributed by atoms with E-state index >= 15 is 0 Å². The first kappa shape index (κ1) is 18.7. The minimum absolute atomic E-state index is 0.0545. The largest absolute Gasteiger partial charge is 0.475 e. The Labute approximate surface area is 143 Å². The van der Waals surface area contributed by atoms with Gasteiger partial charge in [-0.25, -0.2) is 4.98 Å². The first-order chi connectivity index (χ1) is 11.5. The molecule has 2 N–H and O–H groups in total. The topological polar surface area (TPSA) is 58.5 Å². The first-order valence-electron chi connectivity index (χ1n) is 7.72. The van der Waals surface area contributed by atoms with E-state index in [0.717, 1.165) is 12.6 Å². The molecule has 5 nitrogen and oxygen atoms in total. The van der Waals surface area contributed by atoms with Crippen molar-refractivity contribution >= 4 is 17.7 Å². The summed E-state index contributed by atoms with van der Waals surface area (Å²) in [6, 6.07) is 2.19. The van der Waals surface area contributed by atoms with Crippen molar-refractivity contribution in [3.8, 4) is 5.88 Å². The molecule has 2 rings (SSSR count). The smallest absolute Gasteiger partial charge is 0.421 e. The maximum atomic E-state index is 12.8. The normalized spacial score (nSPS) is 18.5. The highest BCUT2D eigenvalue weighted by atomic mass is 32.2. The summed E-state index contributed by atoms with van der Waals surface area (Å²) in [6.07, 6.45) is -0.772. The first-order valence-corrected chi connectivity index (χ1v) is 8.76. The molecule has 0 radical (unpaired) electrons. The molecule has 0 aromatic carbocycles. The van der Waals surface area contributed by atoms with Gasteiger partial charge in [0, 0.05) is 25.0 Å². The molecule has 0 amide bonds. The van der Waals surface area contributed by atoms with Gasteiger partial charge in [0.15, 0.2) is 5.96 Å². The third-order valence-electron chi connectivity index (χ3n) is 3.45. The predicted octanol–water partition coefficient (Wildman–Crippen LogP) is 2.54. The molecule has 134 valence electrons. The van der Waals surface area contributed by atoms with Crippen molar-refractivity contribution in [2.24, 2.45) is 4.99 Å². The van der Waals surface area contributed by atoms with Crippen molar-refractivity contribution in [1.29, 1.82) is 0 Å². The Morgan fingerprint density at radius 2 is 2.29 bits per heavy atom. The Morgan fingerprint density at radius 3 is 2.96 bits per heavy atom. The summed E-state index contributed by atoms with van der Waals surface area (Å²) in [4.78, 5) is 7.74. The van der Waals surface area contributed by atoms with Crippen LogP contribution in [0.25, 0.3) is 0 Å². The van der Waals surface area contributed by atoms with E-state index in [9.17, 15) is 13.2 Å². The Morgan fingerprint density at radius 1 is 1.46 bits per heavy atom. The summed E-state index contributed by atoms with van der Waals surface area (Å²) in [7, 11) is 1.65. The molecule has 2 heterocycles. The molecule has 0 saturated carbocycles. The number of hydrogen-bond donors (Lipinski definition) is 2. The van der Waals surface area contributed by atoms with E-state index in [2.05, 4.69) is 20.6 Å². The van der Waals surface area contributed by atoms with Crippen LogP contribution in [0.4, 0.5) is 13.2 Å². The van der Waals surface area contributed by atoms with E-state index < -0.39 is 17.6 Å². The number of thioether (sulfide) groups is 1. The van der Waals surface area contributed by atoms with Crippen LogP contribution in [0.5, 0.6) is 5.88 Å². The lowest BCUT2D eigenvalue weighted by molar-refractivity contribution is -0.139. The Hall–Kier alpha value is -1.64. The molecule has 1 atom stereocenters. The molecule has 9 heteroatoms. The van der Waals surface area contributed by atoms with Gasteiger partial charge in [0.05, 0.1) is 6.54 Å². The van der Waals surface area contributed by atoms with Gasteiger partial charge < -0.3 is 15.4 Å². The molecule has 1 aromatic rings. The van der Waals surface area contributed by atoms with Crippen molar-refractivity contribution in [2.45, 2.75) is 24.3 Å². The number of guanidine groups is 1. The van der Waals surface area contributed by atoms with Gasteiger partial charge in [-0.1, -0.05) is 0 Å². The van der Waals surface area contributed by atoms with Gasteiger partial charge in [-0.3, -0.25) is 4.99 Å². The number of hydrogen-bond acceptors (Lipinski definition) is 4. The van der Waals surface area contributed by atoms with Crippen molar-refractivity contribution in [3.05, 3.63) is 23.9 Å². The fourth-order valence-electron chi connectivity index (χ4n) is 2.28. The van der Waals surface area contributed by atoms with Crippen LogP contribution in [0.15, 0.2) is 23.3 Å². The average molecular weight is 362 g/mol. The number of nitrogens with zero attached hydrogens (tertiary/aromatic N) is 2. The summed E-state index contributed by atoms with van der Waals surface area (Å²) in [5, 5.41) is 6.82. The summed E-state index contributed by atoms with van der Waals surface area (Å²) >= 11 is 1.94. The average Bonchev–Trinajstić information content (AvgIpc) is 3.07. The number of rotatable bonds is 6. The predicted molar refractivity (Wildman–Crippen MR) is 89.6 cm³/mol. The lowest BCUT2D eigenvalue weighted by atomic mass is 10.2. The second-order valence-corrected chi connectivity index (χ2v) is 6.63. The number of aliphatic imine (C=N–C) groups is 1. The van der Waals surface area contributed by atoms with Gasteiger partial charge in [-0.2, -0.15) is 24.9 Å². The van der Waals surface area contributed by atoms with E-state index in [1.165, 1.54) is 30.9 Å². The van der Waals surface area contributed by atoms with Crippen molar-refractivity contribution in [2.75, 3.05) is 32.5 Å². The van der Waals surface area contributed by atoms with E-state index in [-0.39, 0.29) is 6.61 Å². The Balaban J connectivity index is 1.74.